The quantitative estimate of drug-likeness (QED) is 0.750. The Morgan fingerprint density at radius 3 is 2.69 bits per heavy atom. The second kappa shape index (κ2) is 4.83. The fourth-order valence-corrected chi connectivity index (χ4v) is 1.27. The van der Waals surface area contributed by atoms with Crippen LogP contribution in [0.1, 0.15) is 25.0 Å². The molecule has 1 nitrogen and oxygen atoms in total. The van der Waals surface area contributed by atoms with Gasteiger partial charge in [0.15, 0.2) is 0 Å². The second-order valence-corrected chi connectivity index (χ2v) is 3.27. The molecule has 1 atom stereocenters. The van der Waals surface area contributed by atoms with Gasteiger partial charge in [0.2, 0.25) is 0 Å². The summed E-state index contributed by atoms with van der Waals surface area (Å²) in [6.45, 7) is 4.14. The summed E-state index contributed by atoms with van der Waals surface area (Å²) in [6.07, 6.45) is 5.19. The lowest BCUT2D eigenvalue weighted by Gasteiger charge is -2.02. The van der Waals surface area contributed by atoms with Gasteiger partial charge in [0.1, 0.15) is 0 Å². The minimum absolute atomic E-state index is 0.130. The highest BCUT2D eigenvalue weighted by molar-refractivity contribution is 5.54. The Balaban J connectivity index is 2.87. The first-order chi connectivity index (χ1) is 6.24. The maximum atomic E-state index is 5.64. The standard InChI is InChI=1S/C12H17N/c1-3-11-6-4-5-7-12(11)9-8-10(2)13/h4-10H,3,13H2,1-2H3/b9-8+. The van der Waals surface area contributed by atoms with E-state index >= 15 is 0 Å². The smallest absolute Gasteiger partial charge is 0.0198 e. The fraction of sp³-hybridized carbons (Fsp3) is 0.333. The summed E-state index contributed by atoms with van der Waals surface area (Å²) >= 11 is 0. The van der Waals surface area contributed by atoms with Crippen molar-refractivity contribution in [2.75, 3.05) is 0 Å². The number of aryl methyl sites for hydroxylation is 1. The number of benzene rings is 1. The van der Waals surface area contributed by atoms with E-state index in [1.807, 2.05) is 13.0 Å². The molecule has 13 heavy (non-hydrogen) atoms. The van der Waals surface area contributed by atoms with Gasteiger partial charge in [0.25, 0.3) is 0 Å². The summed E-state index contributed by atoms with van der Waals surface area (Å²) in [6, 6.07) is 8.53. The van der Waals surface area contributed by atoms with Crippen molar-refractivity contribution < 1.29 is 0 Å². The Hall–Kier alpha value is -1.08. The molecule has 0 aliphatic carbocycles. The summed E-state index contributed by atoms with van der Waals surface area (Å²) in [5, 5.41) is 0. The van der Waals surface area contributed by atoms with Crippen LogP contribution in [-0.4, -0.2) is 6.04 Å². The zero-order valence-corrected chi connectivity index (χ0v) is 8.33. The second-order valence-electron chi connectivity index (χ2n) is 3.27. The van der Waals surface area contributed by atoms with Crippen LogP contribution >= 0.6 is 0 Å². The van der Waals surface area contributed by atoms with Gasteiger partial charge in [-0.1, -0.05) is 43.3 Å². The first-order valence-electron chi connectivity index (χ1n) is 4.75. The first kappa shape index (κ1) is 10.0. The Bertz CT molecular complexity index is 287. The number of hydrogen-bond acceptors (Lipinski definition) is 1. The average Bonchev–Trinajstić information content (AvgIpc) is 2.15. The van der Waals surface area contributed by atoms with Crippen molar-refractivity contribution in [2.24, 2.45) is 5.73 Å². The van der Waals surface area contributed by atoms with Crippen molar-refractivity contribution >= 4 is 6.08 Å². The topological polar surface area (TPSA) is 26.0 Å². The summed E-state index contributed by atoms with van der Waals surface area (Å²) in [4.78, 5) is 0. The van der Waals surface area contributed by atoms with Gasteiger partial charge in [0, 0.05) is 6.04 Å². The molecule has 0 amide bonds. The van der Waals surface area contributed by atoms with E-state index in [-0.39, 0.29) is 6.04 Å². The highest BCUT2D eigenvalue weighted by Gasteiger charge is 1.94. The molecule has 1 unspecified atom stereocenters. The SMILES string of the molecule is CCc1ccccc1/C=C/C(C)N. The molecule has 0 spiro atoms. The lowest BCUT2D eigenvalue weighted by molar-refractivity contribution is 0.930. The summed E-state index contributed by atoms with van der Waals surface area (Å²) < 4.78 is 0. The van der Waals surface area contributed by atoms with E-state index in [0.29, 0.717) is 0 Å². The van der Waals surface area contributed by atoms with Crippen molar-refractivity contribution in [3.63, 3.8) is 0 Å². The van der Waals surface area contributed by atoms with Crippen molar-refractivity contribution in [2.45, 2.75) is 26.3 Å². The Morgan fingerprint density at radius 1 is 1.38 bits per heavy atom. The van der Waals surface area contributed by atoms with Crippen LogP contribution in [0.5, 0.6) is 0 Å². The molecule has 1 aromatic carbocycles. The lowest BCUT2D eigenvalue weighted by atomic mass is 10.0. The molecule has 1 aromatic rings. The molecule has 0 bridgehead atoms. The molecule has 0 heterocycles. The van der Waals surface area contributed by atoms with Crippen molar-refractivity contribution in [1.29, 1.82) is 0 Å². The first-order valence-corrected chi connectivity index (χ1v) is 4.75. The van der Waals surface area contributed by atoms with Crippen LogP contribution in [0.3, 0.4) is 0 Å². The van der Waals surface area contributed by atoms with Crippen LogP contribution in [0.25, 0.3) is 6.08 Å². The van der Waals surface area contributed by atoms with E-state index in [9.17, 15) is 0 Å². The van der Waals surface area contributed by atoms with Gasteiger partial charge in [-0.2, -0.15) is 0 Å². The van der Waals surface area contributed by atoms with Gasteiger partial charge in [-0.15, -0.1) is 0 Å². The third kappa shape index (κ3) is 3.03. The number of hydrogen-bond donors (Lipinski definition) is 1. The molecular weight excluding hydrogens is 158 g/mol. The van der Waals surface area contributed by atoms with Crippen molar-refractivity contribution in [3.8, 4) is 0 Å². The van der Waals surface area contributed by atoms with Gasteiger partial charge in [-0.05, 0) is 24.5 Å². The molecule has 0 aliphatic heterocycles. The fourth-order valence-electron chi connectivity index (χ4n) is 1.27. The summed E-state index contributed by atoms with van der Waals surface area (Å²) in [7, 11) is 0. The molecule has 1 heteroatoms. The molecule has 0 radical (unpaired) electrons. The van der Waals surface area contributed by atoms with Gasteiger partial charge in [-0.25, -0.2) is 0 Å². The molecule has 0 saturated carbocycles. The molecule has 0 aromatic heterocycles. The van der Waals surface area contributed by atoms with Gasteiger partial charge < -0.3 is 5.73 Å². The highest BCUT2D eigenvalue weighted by Crippen LogP contribution is 2.11. The van der Waals surface area contributed by atoms with E-state index in [1.54, 1.807) is 0 Å². The molecule has 0 aliphatic rings. The zero-order valence-electron chi connectivity index (χ0n) is 8.33. The van der Waals surface area contributed by atoms with Gasteiger partial charge in [0.05, 0.1) is 0 Å². The summed E-state index contributed by atoms with van der Waals surface area (Å²) in [5.41, 5.74) is 8.30. The van der Waals surface area contributed by atoms with Gasteiger partial charge >= 0.3 is 0 Å². The Kier molecular flexibility index (Phi) is 3.71. The predicted molar refractivity (Wildman–Crippen MR) is 58.5 cm³/mol. The van der Waals surface area contributed by atoms with E-state index in [1.165, 1.54) is 11.1 Å². The van der Waals surface area contributed by atoms with Crippen LogP contribution in [0.15, 0.2) is 30.3 Å². The maximum absolute atomic E-state index is 5.64. The van der Waals surface area contributed by atoms with Gasteiger partial charge in [-0.3, -0.25) is 0 Å². The average molecular weight is 175 g/mol. The van der Waals surface area contributed by atoms with Crippen LogP contribution < -0.4 is 5.73 Å². The summed E-state index contributed by atoms with van der Waals surface area (Å²) in [5.74, 6) is 0. The van der Waals surface area contributed by atoms with Crippen LogP contribution in [0.4, 0.5) is 0 Å². The molecule has 0 saturated heterocycles. The molecule has 1 rings (SSSR count). The predicted octanol–water partition coefficient (Wildman–Crippen LogP) is 2.61. The van der Waals surface area contributed by atoms with Crippen LogP contribution in [0.2, 0.25) is 0 Å². The normalized spacial score (nSPS) is 13.5. The molecular formula is C12H17N. The Morgan fingerprint density at radius 2 is 2.08 bits per heavy atom. The van der Waals surface area contributed by atoms with Crippen LogP contribution in [-0.2, 0) is 6.42 Å². The van der Waals surface area contributed by atoms with E-state index < -0.39 is 0 Å². The molecule has 70 valence electrons. The zero-order chi connectivity index (χ0) is 9.68. The van der Waals surface area contributed by atoms with E-state index in [0.717, 1.165) is 6.42 Å². The maximum Gasteiger partial charge on any atom is 0.0198 e. The minimum Gasteiger partial charge on any atom is -0.325 e. The largest absolute Gasteiger partial charge is 0.325 e. The molecule has 0 fully saturated rings. The third-order valence-electron chi connectivity index (χ3n) is 2.02. The third-order valence-corrected chi connectivity index (χ3v) is 2.02. The van der Waals surface area contributed by atoms with E-state index in [2.05, 4.69) is 37.3 Å². The lowest BCUT2D eigenvalue weighted by Crippen LogP contribution is -2.09. The Labute approximate surface area is 80.3 Å². The van der Waals surface area contributed by atoms with E-state index in [4.69, 9.17) is 5.73 Å². The monoisotopic (exact) mass is 175 g/mol. The number of nitrogens with two attached hydrogens (primary N) is 1. The molecule has 2 N–H and O–H groups in total. The van der Waals surface area contributed by atoms with Crippen LogP contribution in [0, 0.1) is 0 Å². The minimum atomic E-state index is 0.130. The highest BCUT2D eigenvalue weighted by atomic mass is 14.6. The van der Waals surface area contributed by atoms with Crippen molar-refractivity contribution in [1.82, 2.24) is 0 Å². The number of rotatable bonds is 3. The van der Waals surface area contributed by atoms with Crippen molar-refractivity contribution in [3.05, 3.63) is 41.5 Å².